The molecule has 1 aliphatic rings. The number of carboxylic acids is 1. The first-order valence-corrected chi connectivity index (χ1v) is 14.5. The summed E-state index contributed by atoms with van der Waals surface area (Å²) in [5.74, 6) is -0.674. The summed E-state index contributed by atoms with van der Waals surface area (Å²) >= 11 is 0. The van der Waals surface area contributed by atoms with Crippen molar-refractivity contribution in [1.82, 2.24) is 19.3 Å². The van der Waals surface area contributed by atoms with Gasteiger partial charge in [0.15, 0.2) is 0 Å². The summed E-state index contributed by atoms with van der Waals surface area (Å²) in [6, 6.07) is 12.2. The summed E-state index contributed by atoms with van der Waals surface area (Å²) in [4.78, 5) is 12.4. The number of hydrogen-bond acceptors (Lipinski definition) is 7. The van der Waals surface area contributed by atoms with E-state index >= 15 is 0 Å². The van der Waals surface area contributed by atoms with Crippen molar-refractivity contribution in [3.05, 3.63) is 71.0 Å². The number of carboxylic acid groups (broad SMARTS) is 1. The van der Waals surface area contributed by atoms with Gasteiger partial charge >= 0.3 is 5.97 Å². The molecule has 3 aromatic rings. The van der Waals surface area contributed by atoms with Crippen molar-refractivity contribution in [1.29, 1.82) is 0 Å². The Morgan fingerprint density at radius 3 is 2.72 bits per heavy atom. The molecule has 2 heterocycles. The summed E-state index contributed by atoms with van der Waals surface area (Å²) in [5.41, 5.74) is 1.61. The molecule has 0 saturated heterocycles. The third-order valence-electron chi connectivity index (χ3n) is 6.92. The molecule has 2 atom stereocenters. The predicted molar refractivity (Wildman–Crippen MR) is 145 cm³/mol. The number of rotatable bonds is 10. The van der Waals surface area contributed by atoms with Gasteiger partial charge in [0, 0.05) is 13.1 Å². The lowest BCUT2D eigenvalue weighted by Crippen LogP contribution is -2.36. The Balaban J connectivity index is 1.65. The van der Waals surface area contributed by atoms with E-state index in [0.29, 0.717) is 17.0 Å². The van der Waals surface area contributed by atoms with E-state index < -0.39 is 27.5 Å². The molecule has 10 nitrogen and oxygen atoms in total. The zero-order chi connectivity index (χ0) is 28.4. The van der Waals surface area contributed by atoms with Gasteiger partial charge in [0.05, 0.1) is 30.9 Å². The van der Waals surface area contributed by atoms with Gasteiger partial charge in [-0.25, -0.2) is 8.42 Å². The molecule has 0 aliphatic carbocycles. The predicted octanol–water partition coefficient (Wildman–Crippen LogP) is 4.34. The largest absolute Gasteiger partial charge is 0.488 e. The highest BCUT2D eigenvalue weighted by atomic mass is 32.2. The minimum absolute atomic E-state index is 0.0838. The Hall–Kier alpha value is -3.28. The van der Waals surface area contributed by atoms with Gasteiger partial charge in [-0.05, 0) is 62.9 Å². The van der Waals surface area contributed by atoms with Gasteiger partial charge in [0.25, 0.3) is 0 Å². The number of benzene rings is 2. The van der Waals surface area contributed by atoms with Crippen molar-refractivity contribution in [3.63, 3.8) is 0 Å². The first kappa shape index (κ1) is 28.7. The number of nitrogens with zero attached hydrogens (tertiary/aromatic N) is 4. The fourth-order valence-electron chi connectivity index (χ4n) is 4.65. The average Bonchev–Trinajstić information content (AvgIpc) is 3.29. The van der Waals surface area contributed by atoms with Crippen molar-refractivity contribution >= 4 is 16.0 Å². The van der Waals surface area contributed by atoms with Crippen molar-refractivity contribution < 1.29 is 27.8 Å². The maximum Gasteiger partial charge on any atom is 0.312 e. The molecule has 1 N–H and O–H groups in total. The molecule has 2 aromatic carbocycles. The summed E-state index contributed by atoms with van der Waals surface area (Å²) in [6.07, 6.45) is 1.53. The molecule has 39 heavy (non-hydrogen) atoms. The number of para-hydroxylation sites is 1. The highest BCUT2D eigenvalue weighted by Crippen LogP contribution is 2.39. The fraction of sp³-hybridized carbons (Fsp3) is 0.464. The van der Waals surface area contributed by atoms with Gasteiger partial charge in [0.1, 0.15) is 22.4 Å². The molecular formula is C28H36N4O6S. The summed E-state index contributed by atoms with van der Waals surface area (Å²) in [6.45, 7) is 10.1. The van der Waals surface area contributed by atoms with E-state index in [1.54, 1.807) is 49.0 Å². The van der Waals surface area contributed by atoms with Crippen LogP contribution in [0.25, 0.3) is 0 Å². The Bertz CT molecular complexity index is 1440. The standard InChI is InChI=1S/C28H36N4O6S/c1-6-13-31-17-23(29-30-31)18-37-26(28(4,5)27(33)34)21-12-11-19(2)22(14-21)16-32-15-20(3)38-24-9-7-8-10-25(24)39(32,35)36/h7-12,14,17,20,26H,6,13,15-16,18H2,1-5H3,(H,33,34)/t20-,26?/m1/s1. The van der Waals surface area contributed by atoms with E-state index in [-0.39, 0.29) is 30.7 Å². The summed E-state index contributed by atoms with van der Waals surface area (Å²) in [5, 5.41) is 18.3. The first-order chi connectivity index (χ1) is 18.4. The molecule has 1 aliphatic heterocycles. The van der Waals surface area contributed by atoms with Gasteiger partial charge < -0.3 is 14.6 Å². The SMILES string of the molecule is CCCn1cc(COC(c2ccc(C)c(CN3C[C@@H](C)Oc4ccccc4S3(=O)=O)c2)C(C)(C)C(=O)O)nn1. The second-order valence-corrected chi connectivity index (χ2v) is 12.5. The Kier molecular flexibility index (Phi) is 8.43. The maximum atomic E-state index is 13.6. The van der Waals surface area contributed by atoms with Gasteiger partial charge in [-0.2, -0.15) is 4.31 Å². The van der Waals surface area contributed by atoms with E-state index in [2.05, 4.69) is 10.3 Å². The van der Waals surface area contributed by atoms with E-state index in [9.17, 15) is 18.3 Å². The lowest BCUT2D eigenvalue weighted by molar-refractivity contribution is -0.158. The molecule has 11 heteroatoms. The summed E-state index contributed by atoms with van der Waals surface area (Å²) in [7, 11) is -3.83. The Morgan fingerprint density at radius 2 is 2.00 bits per heavy atom. The molecule has 0 bridgehead atoms. The van der Waals surface area contributed by atoms with E-state index in [1.807, 2.05) is 39.0 Å². The lowest BCUT2D eigenvalue weighted by Gasteiger charge is -2.31. The second-order valence-electron chi connectivity index (χ2n) is 10.5. The van der Waals surface area contributed by atoms with Crippen LogP contribution in [0.4, 0.5) is 0 Å². The lowest BCUT2D eigenvalue weighted by atomic mass is 9.81. The van der Waals surface area contributed by atoms with Crippen molar-refractivity contribution in [2.75, 3.05) is 6.54 Å². The van der Waals surface area contributed by atoms with Crippen LogP contribution in [0.2, 0.25) is 0 Å². The van der Waals surface area contributed by atoms with Crippen LogP contribution in [0.5, 0.6) is 5.75 Å². The number of sulfonamides is 1. The topological polar surface area (TPSA) is 124 Å². The minimum Gasteiger partial charge on any atom is -0.488 e. The molecule has 210 valence electrons. The number of aryl methyl sites for hydroxylation is 2. The zero-order valence-corrected chi connectivity index (χ0v) is 23.8. The second kappa shape index (κ2) is 11.4. The third-order valence-corrected chi connectivity index (χ3v) is 8.77. The van der Waals surface area contributed by atoms with E-state index in [1.165, 1.54) is 4.31 Å². The minimum atomic E-state index is -3.83. The molecule has 0 amide bonds. The van der Waals surface area contributed by atoms with Crippen LogP contribution in [-0.2, 0) is 39.3 Å². The van der Waals surface area contributed by atoms with Crippen LogP contribution in [-0.4, -0.2) is 51.4 Å². The van der Waals surface area contributed by atoms with Crippen molar-refractivity contribution in [3.8, 4) is 5.75 Å². The molecule has 0 saturated carbocycles. The molecule has 0 fully saturated rings. The number of aliphatic carboxylic acids is 1. The quantitative estimate of drug-likeness (QED) is 0.391. The molecule has 1 aromatic heterocycles. The van der Waals surface area contributed by atoms with Gasteiger partial charge in [-0.1, -0.05) is 42.5 Å². The zero-order valence-electron chi connectivity index (χ0n) is 23.0. The van der Waals surface area contributed by atoms with Crippen LogP contribution < -0.4 is 4.74 Å². The number of fused-ring (bicyclic) bond motifs is 1. The van der Waals surface area contributed by atoms with Crippen LogP contribution in [0.1, 0.15) is 62.6 Å². The van der Waals surface area contributed by atoms with Gasteiger partial charge in [-0.3, -0.25) is 9.48 Å². The molecule has 1 unspecified atom stereocenters. The van der Waals surface area contributed by atoms with Gasteiger partial charge in [0.2, 0.25) is 10.0 Å². The number of ether oxygens (including phenoxy) is 2. The molecule has 0 spiro atoms. The maximum absolute atomic E-state index is 13.6. The molecular weight excluding hydrogens is 520 g/mol. The molecule has 0 radical (unpaired) electrons. The number of aromatic nitrogens is 3. The first-order valence-electron chi connectivity index (χ1n) is 13.0. The smallest absolute Gasteiger partial charge is 0.312 e. The highest BCUT2D eigenvalue weighted by molar-refractivity contribution is 7.89. The van der Waals surface area contributed by atoms with E-state index in [4.69, 9.17) is 9.47 Å². The monoisotopic (exact) mass is 556 g/mol. The van der Waals surface area contributed by atoms with Crippen LogP contribution in [0.3, 0.4) is 0 Å². The van der Waals surface area contributed by atoms with Crippen molar-refractivity contribution in [2.45, 2.75) is 77.8 Å². The van der Waals surface area contributed by atoms with Crippen LogP contribution in [0, 0.1) is 12.3 Å². The average molecular weight is 557 g/mol. The number of carbonyl (C=O) groups is 1. The highest BCUT2D eigenvalue weighted by Gasteiger charge is 2.40. The Morgan fingerprint density at radius 1 is 1.26 bits per heavy atom. The normalized spacial score (nSPS) is 18.1. The fourth-order valence-corrected chi connectivity index (χ4v) is 6.26. The van der Waals surface area contributed by atoms with E-state index in [0.717, 1.165) is 24.1 Å². The van der Waals surface area contributed by atoms with Crippen molar-refractivity contribution in [2.24, 2.45) is 5.41 Å². The third kappa shape index (κ3) is 6.15. The Labute approximate surface area is 229 Å². The number of hydrogen-bond donors (Lipinski definition) is 1. The van der Waals surface area contributed by atoms with Crippen LogP contribution >= 0.6 is 0 Å². The van der Waals surface area contributed by atoms with Crippen LogP contribution in [0.15, 0.2) is 53.6 Å². The van der Waals surface area contributed by atoms with Gasteiger partial charge in [-0.15, -0.1) is 5.10 Å². The molecule has 4 rings (SSSR count). The summed E-state index contributed by atoms with van der Waals surface area (Å²) < 4.78 is 42.4.